The van der Waals surface area contributed by atoms with Gasteiger partial charge in [0, 0.05) is 12.1 Å². The van der Waals surface area contributed by atoms with E-state index in [-0.39, 0.29) is 30.0 Å². The van der Waals surface area contributed by atoms with Gasteiger partial charge in [0.25, 0.3) is 11.2 Å². The number of nitro benzene ring substituents is 1. The van der Waals surface area contributed by atoms with Crippen LogP contribution in [-0.4, -0.2) is 42.9 Å². The Hall–Kier alpha value is -5.43. The lowest BCUT2D eigenvalue weighted by Crippen LogP contribution is -2.39. The third kappa shape index (κ3) is 6.89. The third-order valence-electron chi connectivity index (χ3n) is 7.35. The minimum Gasteiger partial charge on any atom is -0.493 e. The summed E-state index contributed by atoms with van der Waals surface area (Å²) in [4.78, 5) is 42.9. The van der Waals surface area contributed by atoms with Gasteiger partial charge >= 0.3 is 5.97 Å². The summed E-state index contributed by atoms with van der Waals surface area (Å²) in [5.41, 5.74) is 2.44. The fourth-order valence-corrected chi connectivity index (χ4v) is 6.20. The predicted octanol–water partition coefficient (Wildman–Crippen LogP) is 4.70. The van der Waals surface area contributed by atoms with Crippen molar-refractivity contribution in [2.24, 2.45) is 4.99 Å². The Balaban J connectivity index is 1.54. The van der Waals surface area contributed by atoms with Crippen molar-refractivity contribution in [1.82, 2.24) is 4.57 Å². The van der Waals surface area contributed by atoms with Crippen molar-refractivity contribution in [1.29, 1.82) is 0 Å². The van der Waals surface area contributed by atoms with Crippen molar-refractivity contribution in [3.05, 3.63) is 118 Å². The van der Waals surface area contributed by atoms with E-state index >= 15 is 0 Å². The standard InChI is InChI=1S/C34H33N3O9S/c1-6-44-28-16-22(10-14-26(28)46-19-21-8-12-24(13-9-21)37(40)41)17-29-32(38)36-31(23-11-15-25(42-4)27(18-23)43-5)30(33(39)45-7-2)20(3)35-34(36)47-29/h8-18,31H,6-7,19H2,1-5H3/b29-17+/t31-/m0/s1. The SMILES string of the molecule is CCOC(=O)C1=C(C)N=c2s/c(=C/c3ccc(OCc4ccc([N+](=O)[O-])cc4)c(OCC)c3)c(=O)n2[C@H]1c1ccc(OC)c(OC)c1. The minimum absolute atomic E-state index is 0.000659. The van der Waals surface area contributed by atoms with Gasteiger partial charge in [-0.15, -0.1) is 0 Å². The van der Waals surface area contributed by atoms with Crippen LogP contribution in [0.15, 0.2) is 81.7 Å². The molecule has 0 saturated carbocycles. The van der Waals surface area contributed by atoms with E-state index in [0.29, 0.717) is 55.8 Å². The van der Waals surface area contributed by atoms with E-state index in [4.69, 9.17) is 23.7 Å². The number of ether oxygens (including phenoxy) is 5. The first-order valence-electron chi connectivity index (χ1n) is 14.7. The average molecular weight is 660 g/mol. The average Bonchev–Trinajstić information content (AvgIpc) is 3.37. The maximum atomic E-state index is 14.1. The number of non-ortho nitro benzene ring substituents is 1. The van der Waals surface area contributed by atoms with Crippen LogP contribution in [-0.2, 0) is 16.1 Å². The third-order valence-corrected chi connectivity index (χ3v) is 8.33. The number of allylic oxidation sites excluding steroid dienone is 1. The molecule has 0 fully saturated rings. The molecule has 0 aliphatic carbocycles. The van der Waals surface area contributed by atoms with Crippen LogP contribution >= 0.6 is 11.3 Å². The topological polar surface area (TPSA) is 141 Å². The second-order valence-electron chi connectivity index (χ2n) is 10.3. The van der Waals surface area contributed by atoms with Gasteiger partial charge in [0.05, 0.1) is 54.2 Å². The molecule has 3 aromatic carbocycles. The van der Waals surface area contributed by atoms with Gasteiger partial charge in [0.15, 0.2) is 27.8 Å². The number of methoxy groups -OCH3 is 2. The van der Waals surface area contributed by atoms with Crippen LogP contribution in [0.4, 0.5) is 5.69 Å². The van der Waals surface area contributed by atoms with Crippen LogP contribution in [0.2, 0.25) is 0 Å². The number of esters is 1. The molecule has 0 spiro atoms. The van der Waals surface area contributed by atoms with E-state index in [0.717, 1.165) is 5.56 Å². The molecule has 244 valence electrons. The highest BCUT2D eigenvalue weighted by Gasteiger charge is 2.34. The van der Waals surface area contributed by atoms with Crippen LogP contribution < -0.4 is 33.8 Å². The summed E-state index contributed by atoms with van der Waals surface area (Å²) in [6.07, 6.45) is 1.74. The first-order chi connectivity index (χ1) is 22.7. The number of carbonyl (C=O) groups is 1. The van der Waals surface area contributed by atoms with Crippen molar-refractivity contribution in [3.63, 3.8) is 0 Å². The Morgan fingerprint density at radius 2 is 1.68 bits per heavy atom. The van der Waals surface area contributed by atoms with Gasteiger partial charge in [-0.25, -0.2) is 9.79 Å². The molecule has 5 rings (SSSR count). The molecule has 0 radical (unpaired) electrons. The molecule has 1 atom stereocenters. The van der Waals surface area contributed by atoms with Gasteiger partial charge in [-0.05, 0) is 79.9 Å². The lowest BCUT2D eigenvalue weighted by Gasteiger charge is -2.25. The van der Waals surface area contributed by atoms with E-state index in [2.05, 4.69) is 4.99 Å². The zero-order chi connectivity index (χ0) is 33.7. The molecule has 0 bridgehead atoms. The molecule has 13 heteroatoms. The highest BCUT2D eigenvalue weighted by atomic mass is 32.1. The monoisotopic (exact) mass is 659 g/mol. The van der Waals surface area contributed by atoms with Gasteiger partial charge < -0.3 is 23.7 Å². The molecular weight excluding hydrogens is 626 g/mol. The number of nitro groups is 1. The van der Waals surface area contributed by atoms with Crippen molar-refractivity contribution < 1.29 is 33.4 Å². The van der Waals surface area contributed by atoms with E-state index in [1.54, 1.807) is 68.5 Å². The van der Waals surface area contributed by atoms with E-state index in [9.17, 15) is 19.7 Å². The van der Waals surface area contributed by atoms with Crippen LogP contribution in [0.25, 0.3) is 6.08 Å². The summed E-state index contributed by atoms with van der Waals surface area (Å²) >= 11 is 1.20. The second kappa shape index (κ2) is 14.3. The maximum absolute atomic E-state index is 14.1. The smallest absolute Gasteiger partial charge is 0.338 e. The number of thiazole rings is 1. The number of aromatic nitrogens is 1. The zero-order valence-corrected chi connectivity index (χ0v) is 27.3. The van der Waals surface area contributed by atoms with Crippen molar-refractivity contribution in [2.75, 3.05) is 27.4 Å². The van der Waals surface area contributed by atoms with Crippen molar-refractivity contribution in [2.45, 2.75) is 33.4 Å². The van der Waals surface area contributed by atoms with Crippen LogP contribution in [0.3, 0.4) is 0 Å². The Kier molecular flexibility index (Phi) is 10.0. The highest BCUT2D eigenvalue weighted by Crippen LogP contribution is 2.36. The van der Waals surface area contributed by atoms with Crippen molar-refractivity contribution in [3.8, 4) is 23.0 Å². The normalized spacial score (nSPS) is 14.2. The molecular formula is C34H33N3O9S. The first kappa shape index (κ1) is 32.9. The molecule has 0 unspecified atom stereocenters. The Bertz CT molecular complexity index is 2030. The molecule has 2 heterocycles. The molecule has 4 aromatic rings. The number of rotatable bonds is 12. The lowest BCUT2D eigenvalue weighted by atomic mass is 9.95. The lowest BCUT2D eigenvalue weighted by molar-refractivity contribution is -0.384. The number of fused-ring (bicyclic) bond motifs is 1. The number of benzene rings is 3. The van der Waals surface area contributed by atoms with Crippen LogP contribution in [0, 0.1) is 10.1 Å². The molecule has 1 aliphatic heterocycles. The summed E-state index contributed by atoms with van der Waals surface area (Å²) in [6, 6.07) is 15.9. The molecule has 1 aromatic heterocycles. The van der Waals surface area contributed by atoms with E-state index in [1.807, 2.05) is 6.92 Å². The summed E-state index contributed by atoms with van der Waals surface area (Å²) < 4.78 is 30.0. The fourth-order valence-electron chi connectivity index (χ4n) is 5.16. The number of nitrogens with zero attached hydrogens (tertiary/aromatic N) is 3. The quantitative estimate of drug-likeness (QED) is 0.120. The predicted molar refractivity (Wildman–Crippen MR) is 175 cm³/mol. The highest BCUT2D eigenvalue weighted by molar-refractivity contribution is 7.07. The Morgan fingerprint density at radius 3 is 2.34 bits per heavy atom. The molecule has 0 amide bonds. The van der Waals surface area contributed by atoms with Crippen LogP contribution in [0.1, 0.15) is 43.5 Å². The molecule has 0 N–H and O–H groups in total. The van der Waals surface area contributed by atoms with Gasteiger partial charge in [0.1, 0.15) is 6.61 Å². The van der Waals surface area contributed by atoms with E-state index < -0.39 is 16.9 Å². The minimum atomic E-state index is -0.818. The number of hydrogen-bond acceptors (Lipinski definition) is 11. The van der Waals surface area contributed by atoms with Gasteiger partial charge in [0.2, 0.25) is 0 Å². The summed E-state index contributed by atoms with van der Waals surface area (Å²) in [7, 11) is 3.05. The summed E-state index contributed by atoms with van der Waals surface area (Å²) in [5.74, 6) is 1.34. The molecule has 0 saturated heterocycles. The second-order valence-corrected chi connectivity index (χ2v) is 11.3. The molecule has 47 heavy (non-hydrogen) atoms. The molecule has 1 aliphatic rings. The molecule has 12 nitrogen and oxygen atoms in total. The number of hydrogen-bond donors (Lipinski definition) is 0. The Morgan fingerprint density at radius 1 is 0.957 bits per heavy atom. The number of carbonyl (C=O) groups excluding carboxylic acids is 1. The first-order valence-corrected chi connectivity index (χ1v) is 15.5. The zero-order valence-electron chi connectivity index (χ0n) is 26.5. The van der Waals surface area contributed by atoms with Crippen molar-refractivity contribution >= 4 is 29.1 Å². The van der Waals surface area contributed by atoms with Gasteiger partial charge in [-0.1, -0.05) is 23.5 Å². The summed E-state index contributed by atoms with van der Waals surface area (Å²) in [5, 5.41) is 11.0. The van der Waals surface area contributed by atoms with E-state index in [1.165, 1.54) is 42.3 Å². The maximum Gasteiger partial charge on any atom is 0.338 e. The van der Waals surface area contributed by atoms with Gasteiger partial charge in [-0.3, -0.25) is 19.5 Å². The summed E-state index contributed by atoms with van der Waals surface area (Å²) in [6.45, 7) is 6.00. The van der Waals surface area contributed by atoms with Gasteiger partial charge in [-0.2, -0.15) is 0 Å². The van der Waals surface area contributed by atoms with Crippen LogP contribution in [0.5, 0.6) is 23.0 Å². The Labute approximate surface area is 273 Å². The fraction of sp³-hybridized carbons (Fsp3) is 0.265. The largest absolute Gasteiger partial charge is 0.493 e.